The molecule has 2 amide bonds. The second-order valence-corrected chi connectivity index (χ2v) is 10.3. The van der Waals surface area contributed by atoms with Gasteiger partial charge in [0.2, 0.25) is 0 Å². The smallest absolute Gasteiger partial charge is 0.291 e. The molecule has 0 saturated heterocycles. The van der Waals surface area contributed by atoms with Gasteiger partial charge in [0.1, 0.15) is 33.5 Å². The Balaban J connectivity index is 1.51. The molecule has 3 N–H and O–H groups in total. The molecule has 0 fully saturated rings. The SMILES string of the molecule is Cc1cccc(C)c1OCc1ccc(C(=O)Nc2c(C(N)=O)sc3nc(C(F)F)cc(-c4cn(C)nc4C)c23)o1. The number of aryl methyl sites for hydroxylation is 4. The van der Waals surface area contributed by atoms with Crippen molar-refractivity contribution in [2.24, 2.45) is 12.8 Å². The standard InChI is InChI=1S/C28H25F2N5O4S/c1-13-6-5-7-14(2)23(13)38-12-16-8-9-20(39-16)27(37)33-22-21-17(18-11-35(4)34-15(18)3)10-19(25(29)30)32-28(21)40-24(22)26(31)36/h5-11,25H,12H2,1-4H3,(H2,31,36)(H,33,37). The quantitative estimate of drug-likeness (QED) is 0.235. The topological polar surface area (TPSA) is 125 Å². The van der Waals surface area contributed by atoms with Crippen LogP contribution in [0.3, 0.4) is 0 Å². The molecule has 0 aliphatic heterocycles. The first kappa shape index (κ1) is 27.0. The van der Waals surface area contributed by atoms with Crippen LogP contribution in [0.2, 0.25) is 0 Å². The highest BCUT2D eigenvalue weighted by molar-refractivity contribution is 7.21. The minimum absolute atomic E-state index is 0.0322. The fourth-order valence-electron chi connectivity index (χ4n) is 4.52. The number of furan rings is 1. The third-order valence-electron chi connectivity index (χ3n) is 6.32. The largest absolute Gasteiger partial charge is 0.485 e. The number of nitrogens with two attached hydrogens (primary N) is 1. The van der Waals surface area contributed by atoms with Gasteiger partial charge in [-0.3, -0.25) is 14.3 Å². The number of carbonyl (C=O) groups is 2. The van der Waals surface area contributed by atoms with Crippen molar-refractivity contribution >= 4 is 39.1 Å². The van der Waals surface area contributed by atoms with Gasteiger partial charge in [0.25, 0.3) is 18.2 Å². The summed E-state index contributed by atoms with van der Waals surface area (Å²) in [5.74, 6) is -0.394. The number of benzene rings is 1. The molecular formula is C28H25F2N5O4S. The molecule has 5 aromatic rings. The number of hydrogen-bond donors (Lipinski definition) is 2. The van der Waals surface area contributed by atoms with Gasteiger partial charge >= 0.3 is 0 Å². The molecule has 5 rings (SSSR count). The van der Waals surface area contributed by atoms with Gasteiger partial charge in [0.05, 0.1) is 11.4 Å². The maximum absolute atomic E-state index is 13.7. The van der Waals surface area contributed by atoms with E-state index in [2.05, 4.69) is 15.4 Å². The van der Waals surface area contributed by atoms with Gasteiger partial charge in [0, 0.05) is 24.2 Å². The van der Waals surface area contributed by atoms with Crippen LogP contribution in [0.15, 0.2) is 47.0 Å². The van der Waals surface area contributed by atoms with Crippen LogP contribution in [0.5, 0.6) is 5.75 Å². The Hall–Kier alpha value is -4.58. The van der Waals surface area contributed by atoms with Crippen molar-refractivity contribution in [1.82, 2.24) is 14.8 Å². The lowest BCUT2D eigenvalue weighted by molar-refractivity contribution is 0.0992. The first-order chi connectivity index (χ1) is 19.0. The van der Waals surface area contributed by atoms with Gasteiger partial charge in [0.15, 0.2) is 5.76 Å². The summed E-state index contributed by atoms with van der Waals surface area (Å²) in [5, 5.41) is 7.31. The Labute approximate surface area is 231 Å². The average molecular weight is 566 g/mol. The number of pyridine rings is 1. The summed E-state index contributed by atoms with van der Waals surface area (Å²) in [6, 6.07) is 10.1. The van der Waals surface area contributed by atoms with E-state index < -0.39 is 23.9 Å². The first-order valence-corrected chi connectivity index (χ1v) is 13.0. The second kappa shape index (κ2) is 10.5. The number of anilines is 1. The predicted molar refractivity (Wildman–Crippen MR) is 147 cm³/mol. The molecular weight excluding hydrogens is 540 g/mol. The van der Waals surface area contributed by atoms with Crippen molar-refractivity contribution in [3.05, 3.63) is 81.5 Å². The summed E-state index contributed by atoms with van der Waals surface area (Å²) >= 11 is 0.824. The van der Waals surface area contributed by atoms with Crippen LogP contribution in [0.4, 0.5) is 14.5 Å². The number of amides is 2. The number of nitrogens with one attached hydrogen (secondary N) is 1. The van der Waals surface area contributed by atoms with Gasteiger partial charge in [-0.1, -0.05) is 18.2 Å². The number of thiophene rings is 1. The zero-order valence-electron chi connectivity index (χ0n) is 22.0. The maximum Gasteiger partial charge on any atom is 0.291 e. The van der Waals surface area contributed by atoms with Crippen molar-refractivity contribution in [1.29, 1.82) is 0 Å². The summed E-state index contributed by atoms with van der Waals surface area (Å²) in [6.45, 7) is 5.70. The van der Waals surface area contributed by atoms with Crippen LogP contribution in [-0.2, 0) is 13.7 Å². The molecule has 4 heterocycles. The number of aromatic nitrogens is 3. The zero-order valence-corrected chi connectivity index (χ0v) is 22.9. The van der Waals surface area contributed by atoms with E-state index in [1.54, 1.807) is 30.9 Å². The molecule has 0 aliphatic carbocycles. The van der Waals surface area contributed by atoms with Gasteiger partial charge in [-0.05, 0) is 55.7 Å². The minimum atomic E-state index is -2.86. The van der Waals surface area contributed by atoms with Crippen LogP contribution in [0, 0.1) is 20.8 Å². The van der Waals surface area contributed by atoms with E-state index in [0.717, 1.165) is 28.2 Å². The van der Waals surface area contributed by atoms with Gasteiger partial charge in [-0.25, -0.2) is 13.8 Å². The van der Waals surface area contributed by atoms with E-state index in [1.807, 2.05) is 32.0 Å². The molecule has 0 bridgehead atoms. The lowest BCUT2D eigenvalue weighted by Gasteiger charge is -2.11. The number of halogens is 2. The highest BCUT2D eigenvalue weighted by Gasteiger charge is 2.27. The molecule has 206 valence electrons. The molecule has 0 spiro atoms. The Bertz CT molecular complexity index is 1750. The highest BCUT2D eigenvalue weighted by Crippen LogP contribution is 2.43. The van der Waals surface area contributed by atoms with Crippen LogP contribution < -0.4 is 15.8 Å². The third kappa shape index (κ3) is 5.05. The van der Waals surface area contributed by atoms with Crippen molar-refractivity contribution in [2.75, 3.05) is 5.32 Å². The first-order valence-electron chi connectivity index (χ1n) is 12.2. The number of fused-ring (bicyclic) bond motifs is 1. The van der Waals surface area contributed by atoms with Gasteiger partial charge in [-0.15, -0.1) is 11.3 Å². The minimum Gasteiger partial charge on any atom is -0.485 e. The number of nitrogens with zero attached hydrogens (tertiary/aromatic N) is 3. The summed E-state index contributed by atoms with van der Waals surface area (Å²) < 4.78 is 40.7. The van der Waals surface area contributed by atoms with E-state index in [9.17, 15) is 18.4 Å². The number of rotatable bonds is 8. The van der Waals surface area contributed by atoms with Crippen molar-refractivity contribution in [3.8, 4) is 16.9 Å². The van der Waals surface area contributed by atoms with Crippen LogP contribution in [-0.4, -0.2) is 26.6 Å². The Morgan fingerprint density at radius 3 is 2.50 bits per heavy atom. The Kier molecular flexibility index (Phi) is 7.11. The molecule has 1 aromatic carbocycles. The summed E-state index contributed by atoms with van der Waals surface area (Å²) in [4.78, 5) is 29.8. The molecule has 0 atom stereocenters. The maximum atomic E-state index is 13.7. The zero-order chi connectivity index (χ0) is 28.7. The van der Waals surface area contributed by atoms with Crippen LogP contribution >= 0.6 is 11.3 Å². The lowest BCUT2D eigenvalue weighted by Crippen LogP contribution is -2.16. The van der Waals surface area contributed by atoms with E-state index >= 15 is 0 Å². The number of primary amides is 1. The van der Waals surface area contributed by atoms with Crippen molar-refractivity contribution < 1.29 is 27.5 Å². The van der Waals surface area contributed by atoms with Crippen LogP contribution in [0.25, 0.3) is 21.3 Å². The Morgan fingerprint density at radius 2 is 1.88 bits per heavy atom. The van der Waals surface area contributed by atoms with E-state index in [0.29, 0.717) is 28.0 Å². The summed E-state index contributed by atoms with van der Waals surface area (Å²) in [5.41, 5.74) is 8.61. The molecule has 0 radical (unpaired) electrons. The normalized spacial score (nSPS) is 11.4. The molecule has 4 aromatic heterocycles. The van der Waals surface area contributed by atoms with Crippen molar-refractivity contribution in [3.63, 3.8) is 0 Å². The Morgan fingerprint density at radius 1 is 1.15 bits per heavy atom. The molecule has 0 unspecified atom stereocenters. The van der Waals surface area contributed by atoms with Crippen molar-refractivity contribution in [2.45, 2.75) is 33.8 Å². The third-order valence-corrected chi connectivity index (χ3v) is 7.42. The number of para-hydroxylation sites is 1. The van der Waals surface area contributed by atoms with Crippen LogP contribution in [0.1, 0.15) is 54.9 Å². The molecule has 0 saturated carbocycles. The van der Waals surface area contributed by atoms with E-state index in [-0.39, 0.29) is 27.8 Å². The average Bonchev–Trinajstić information content (AvgIpc) is 3.60. The number of carbonyl (C=O) groups excluding carboxylic acids is 2. The second-order valence-electron chi connectivity index (χ2n) is 9.28. The number of hydrogen-bond acceptors (Lipinski definition) is 7. The fraction of sp³-hybridized carbons (Fsp3) is 0.214. The highest BCUT2D eigenvalue weighted by atomic mass is 32.1. The fourth-order valence-corrected chi connectivity index (χ4v) is 5.54. The predicted octanol–water partition coefficient (Wildman–Crippen LogP) is 6.08. The van der Waals surface area contributed by atoms with Gasteiger partial charge < -0.3 is 20.2 Å². The summed E-state index contributed by atoms with van der Waals surface area (Å²) in [6.07, 6.45) is -1.19. The molecule has 9 nitrogen and oxygen atoms in total. The number of ether oxygens (including phenoxy) is 1. The monoisotopic (exact) mass is 565 g/mol. The molecule has 40 heavy (non-hydrogen) atoms. The lowest BCUT2D eigenvalue weighted by atomic mass is 10.0. The molecule has 0 aliphatic rings. The molecule has 12 heteroatoms. The summed E-state index contributed by atoms with van der Waals surface area (Å²) in [7, 11) is 1.70. The number of alkyl halides is 2. The van der Waals surface area contributed by atoms with Gasteiger partial charge in [-0.2, -0.15) is 5.10 Å². The van der Waals surface area contributed by atoms with E-state index in [1.165, 1.54) is 12.1 Å². The van der Waals surface area contributed by atoms with E-state index in [4.69, 9.17) is 14.9 Å².